The van der Waals surface area contributed by atoms with Crippen molar-refractivity contribution in [3.05, 3.63) is 70.9 Å². The molecule has 2 aliphatic heterocycles. The lowest BCUT2D eigenvalue weighted by Crippen LogP contribution is -2.38. The summed E-state index contributed by atoms with van der Waals surface area (Å²) >= 11 is 0. The second-order valence-corrected chi connectivity index (χ2v) is 8.95. The molecule has 0 aliphatic carbocycles. The molecule has 2 aromatic carbocycles. The molecule has 1 fully saturated rings. The number of ether oxygens (including phenoxy) is 1. The van der Waals surface area contributed by atoms with E-state index in [0.29, 0.717) is 23.8 Å². The highest BCUT2D eigenvalue weighted by Gasteiger charge is 2.42. The van der Waals surface area contributed by atoms with Crippen LogP contribution in [0.3, 0.4) is 0 Å². The van der Waals surface area contributed by atoms with Crippen molar-refractivity contribution < 1.29 is 14.3 Å². The molecule has 2 heterocycles. The Balaban J connectivity index is 1.67. The van der Waals surface area contributed by atoms with Crippen LogP contribution in [0.4, 0.5) is 0 Å². The maximum Gasteiger partial charge on any atom is 0.278 e. The van der Waals surface area contributed by atoms with E-state index in [1.807, 2.05) is 55.5 Å². The largest absolute Gasteiger partial charge is 0.494 e. The molecule has 0 spiro atoms. The van der Waals surface area contributed by atoms with Gasteiger partial charge in [-0.15, -0.1) is 0 Å². The summed E-state index contributed by atoms with van der Waals surface area (Å²) in [6.45, 7) is 8.88. The Hall–Kier alpha value is -3.08. The molecule has 5 heteroatoms. The lowest BCUT2D eigenvalue weighted by molar-refractivity contribution is -0.138. The van der Waals surface area contributed by atoms with Crippen molar-refractivity contribution in [1.82, 2.24) is 9.80 Å². The molecule has 0 N–H and O–H groups in total. The van der Waals surface area contributed by atoms with Gasteiger partial charge >= 0.3 is 0 Å². The Morgan fingerprint density at radius 2 is 1.59 bits per heavy atom. The van der Waals surface area contributed by atoms with Crippen LogP contribution < -0.4 is 4.74 Å². The van der Waals surface area contributed by atoms with E-state index in [1.165, 1.54) is 4.90 Å². The molecule has 0 radical (unpaired) electrons. The molecule has 32 heavy (non-hydrogen) atoms. The zero-order chi connectivity index (χ0) is 22.7. The molecule has 0 saturated carbocycles. The summed E-state index contributed by atoms with van der Waals surface area (Å²) in [6, 6.07) is 15.5. The van der Waals surface area contributed by atoms with Crippen LogP contribution in [0.2, 0.25) is 0 Å². The minimum atomic E-state index is -0.216. The molecule has 2 aliphatic rings. The predicted molar refractivity (Wildman–Crippen MR) is 126 cm³/mol. The fraction of sp³-hybridized carbons (Fsp3) is 0.407. The first-order chi connectivity index (χ1) is 15.5. The number of benzene rings is 2. The number of imide groups is 1. The first kappa shape index (κ1) is 22.1. The highest BCUT2D eigenvalue weighted by atomic mass is 16.5. The third-order valence-electron chi connectivity index (χ3n) is 6.32. The Morgan fingerprint density at radius 3 is 2.22 bits per heavy atom. The molecule has 2 aromatic rings. The number of hydrogen-bond acceptors (Lipinski definition) is 4. The van der Waals surface area contributed by atoms with Gasteiger partial charge in [-0.3, -0.25) is 14.5 Å². The highest BCUT2D eigenvalue weighted by Crippen LogP contribution is 2.35. The van der Waals surface area contributed by atoms with Crippen molar-refractivity contribution >= 4 is 17.4 Å². The summed E-state index contributed by atoms with van der Waals surface area (Å²) < 4.78 is 5.70. The van der Waals surface area contributed by atoms with E-state index in [4.69, 9.17) is 4.74 Å². The second kappa shape index (κ2) is 9.60. The molecular formula is C27H32N2O3. The first-order valence-corrected chi connectivity index (χ1v) is 11.6. The van der Waals surface area contributed by atoms with E-state index in [9.17, 15) is 9.59 Å². The standard InChI is InChI=1S/C27H32N2O3/c1-4-17-32-23-11-9-22(10-12-23)24-25(28-15-13-20(3)14-16-28)27(31)29(26(24)30)18-21-7-5-19(2)6-8-21/h5-12,20H,4,13-18H2,1-3H3. The van der Waals surface area contributed by atoms with Gasteiger partial charge in [0.2, 0.25) is 0 Å². The van der Waals surface area contributed by atoms with Crippen molar-refractivity contribution in [2.45, 2.75) is 46.6 Å². The number of carbonyl (C=O) groups is 2. The lowest BCUT2D eigenvalue weighted by atomic mass is 9.97. The van der Waals surface area contributed by atoms with Gasteiger partial charge in [0.25, 0.3) is 11.8 Å². The summed E-state index contributed by atoms with van der Waals surface area (Å²) in [5.41, 5.74) is 3.94. The molecule has 2 amide bonds. The number of amides is 2. The van der Waals surface area contributed by atoms with E-state index in [2.05, 4.69) is 18.7 Å². The quantitative estimate of drug-likeness (QED) is 0.590. The van der Waals surface area contributed by atoms with Crippen LogP contribution in [-0.4, -0.2) is 41.3 Å². The van der Waals surface area contributed by atoms with Crippen molar-refractivity contribution in [2.24, 2.45) is 5.92 Å². The van der Waals surface area contributed by atoms with Crippen molar-refractivity contribution in [3.63, 3.8) is 0 Å². The van der Waals surface area contributed by atoms with Gasteiger partial charge in [-0.25, -0.2) is 0 Å². The molecule has 0 aromatic heterocycles. The third-order valence-corrected chi connectivity index (χ3v) is 6.32. The summed E-state index contributed by atoms with van der Waals surface area (Å²) in [6.07, 6.45) is 2.99. The zero-order valence-corrected chi connectivity index (χ0v) is 19.3. The summed E-state index contributed by atoms with van der Waals surface area (Å²) in [7, 11) is 0. The van der Waals surface area contributed by atoms with Crippen LogP contribution in [0.5, 0.6) is 5.75 Å². The average Bonchev–Trinajstić information content (AvgIpc) is 3.05. The summed E-state index contributed by atoms with van der Waals surface area (Å²) in [4.78, 5) is 30.6. The van der Waals surface area contributed by atoms with Gasteiger partial charge in [0.15, 0.2) is 0 Å². The van der Waals surface area contributed by atoms with Crippen molar-refractivity contribution in [3.8, 4) is 5.75 Å². The van der Waals surface area contributed by atoms with E-state index in [-0.39, 0.29) is 18.4 Å². The van der Waals surface area contributed by atoms with Crippen LogP contribution in [0, 0.1) is 12.8 Å². The van der Waals surface area contributed by atoms with Gasteiger partial charge in [0.05, 0.1) is 18.7 Å². The summed E-state index contributed by atoms with van der Waals surface area (Å²) in [5, 5.41) is 0. The zero-order valence-electron chi connectivity index (χ0n) is 19.3. The number of nitrogens with zero attached hydrogens (tertiary/aromatic N) is 2. The lowest BCUT2D eigenvalue weighted by Gasteiger charge is -2.32. The molecule has 1 saturated heterocycles. The Bertz CT molecular complexity index is 1000. The smallest absolute Gasteiger partial charge is 0.278 e. The van der Waals surface area contributed by atoms with Gasteiger partial charge in [-0.2, -0.15) is 0 Å². The van der Waals surface area contributed by atoms with Crippen LogP contribution in [0.15, 0.2) is 54.2 Å². The number of aryl methyl sites for hydroxylation is 1. The fourth-order valence-corrected chi connectivity index (χ4v) is 4.31. The Labute approximate surface area is 190 Å². The minimum Gasteiger partial charge on any atom is -0.494 e. The SMILES string of the molecule is CCCOc1ccc(C2=C(N3CCC(C)CC3)C(=O)N(Cc3ccc(C)cc3)C2=O)cc1. The number of carbonyl (C=O) groups excluding carboxylic acids is 2. The molecular weight excluding hydrogens is 400 g/mol. The third kappa shape index (κ3) is 4.57. The van der Waals surface area contributed by atoms with Gasteiger partial charge in [-0.05, 0) is 55.4 Å². The van der Waals surface area contributed by atoms with E-state index >= 15 is 0 Å². The molecule has 5 nitrogen and oxygen atoms in total. The minimum absolute atomic E-state index is 0.188. The monoisotopic (exact) mass is 432 g/mol. The van der Waals surface area contributed by atoms with E-state index in [0.717, 1.165) is 54.8 Å². The highest BCUT2D eigenvalue weighted by molar-refractivity contribution is 6.35. The number of hydrogen-bond donors (Lipinski definition) is 0. The number of piperidine rings is 1. The van der Waals surface area contributed by atoms with Crippen molar-refractivity contribution in [2.75, 3.05) is 19.7 Å². The molecule has 0 unspecified atom stereocenters. The fourth-order valence-electron chi connectivity index (χ4n) is 4.31. The van der Waals surface area contributed by atoms with E-state index in [1.54, 1.807) is 0 Å². The maximum absolute atomic E-state index is 13.6. The Morgan fingerprint density at radius 1 is 0.938 bits per heavy atom. The van der Waals surface area contributed by atoms with Crippen LogP contribution in [-0.2, 0) is 16.1 Å². The molecule has 0 atom stereocenters. The Kier molecular flexibility index (Phi) is 6.63. The van der Waals surface area contributed by atoms with Crippen LogP contribution in [0.1, 0.15) is 49.8 Å². The van der Waals surface area contributed by atoms with Crippen LogP contribution in [0.25, 0.3) is 5.57 Å². The normalized spacial score (nSPS) is 17.5. The topological polar surface area (TPSA) is 49.9 Å². The van der Waals surface area contributed by atoms with Gasteiger partial charge in [0.1, 0.15) is 11.4 Å². The number of rotatable bonds is 7. The average molecular weight is 433 g/mol. The second-order valence-electron chi connectivity index (χ2n) is 8.95. The van der Waals surface area contributed by atoms with E-state index < -0.39 is 0 Å². The van der Waals surface area contributed by atoms with Gasteiger partial charge in [-0.1, -0.05) is 55.8 Å². The number of likely N-dealkylation sites (tertiary alicyclic amines) is 1. The van der Waals surface area contributed by atoms with Crippen molar-refractivity contribution in [1.29, 1.82) is 0 Å². The molecule has 4 rings (SSSR count). The maximum atomic E-state index is 13.6. The van der Waals surface area contributed by atoms with Gasteiger partial charge in [0, 0.05) is 13.1 Å². The first-order valence-electron chi connectivity index (χ1n) is 11.6. The predicted octanol–water partition coefficient (Wildman–Crippen LogP) is 4.80. The van der Waals surface area contributed by atoms with Crippen LogP contribution >= 0.6 is 0 Å². The van der Waals surface area contributed by atoms with Gasteiger partial charge < -0.3 is 9.64 Å². The summed E-state index contributed by atoms with van der Waals surface area (Å²) in [5.74, 6) is 1.01. The molecule has 168 valence electrons. The molecule has 0 bridgehead atoms.